The standard InChI is InChI=1S/C18H36N4O6/c1-15(19)17(23)21-3-7-25-11-13-27-9-5-22(18(24)16(2)20)6-10-28-14-12-26-8-4-21/h15-16H,3-14,19-20H2,1-2H3/t15-,16-/m1/s1. The fourth-order valence-electron chi connectivity index (χ4n) is 2.58. The van der Waals surface area contributed by atoms with Crippen molar-refractivity contribution in [3.05, 3.63) is 0 Å². The fraction of sp³-hybridized carbons (Fsp3) is 0.889. The Labute approximate surface area is 167 Å². The van der Waals surface area contributed by atoms with Crippen molar-refractivity contribution in [3.63, 3.8) is 0 Å². The van der Waals surface area contributed by atoms with Crippen molar-refractivity contribution in [2.24, 2.45) is 11.5 Å². The molecule has 1 aliphatic heterocycles. The molecule has 1 rings (SSSR count). The van der Waals surface area contributed by atoms with Crippen molar-refractivity contribution in [2.45, 2.75) is 25.9 Å². The normalized spacial score (nSPS) is 22.0. The van der Waals surface area contributed by atoms with E-state index in [2.05, 4.69) is 0 Å². The summed E-state index contributed by atoms with van der Waals surface area (Å²) in [6.07, 6.45) is 0. The molecular weight excluding hydrogens is 368 g/mol. The molecule has 28 heavy (non-hydrogen) atoms. The first-order chi connectivity index (χ1) is 13.4. The van der Waals surface area contributed by atoms with Gasteiger partial charge in [-0.2, -0.15) is 0 Å². The summed E-state index contributed by atoms with van der Waals surface area (Å²) in [5, 5.41) is 0. The summed E-state index contributed by atoms with van der Waals surface area (Å²) in [4.78, 5) is 27.6. The molecule has 2 amide bonds. The molecule has 0 aliphatic carbocycles. The van der Waals surface area contributed by atoms with Gasteiger partial charge in [-0.3, -0.25) is 9.59 Å². The highest BCUT2D eigenvalue weighted by Crippen LogP contribution is 1.98. The van der Waals surface area contributed by atoms with Crippen molar-refractivity contribution < 1.29 is 28.5 Å². The molecular formula is C18H36N4O6. The number of amides is 2. The highest BCUT2D eigenvalue weighted by Gasteiger charge is 2.18. The molecule has 2 atom stereocenters. The average Bonchev–Trinajstić information content (AvgIpc) is 2.66. The van der Waals surface area contributed by atoms with E-state index < -0.39 is 12.1 Å². The molecule has 0 radical (unpaired) electrons. The molecule has 0 aromatic heterocycles. The van der Waals surface area contributed by atoms with E-state index in [0.29, 0.717) is 79.0 Å². The summed E-state index contributed by atoms with van der Waals surface area (Å²) < 4.78 is 22.1. The van der Waals surface area contributed by atoms with E-state index >= 15 is 0 Å². The predicted octanol–water partition coefficient (Wildman–Crippen LogP) is -1.58. The molecule has 1 fully saturated rings. The second-order valence-corrected chi connectivity index (χ2v) is 6.68. The van der Waals surface area contributed by atoms with E-state index in [-0.39, 0.29) is 11.8 Å². The summed E-state index contributed by atoms with van der Waals surface area (Å²) in [5.41, 5.74) is 11.4. The first-order valence-electron chi connectivity index (χ1n) is 9.83. The van der Waals surface area contributed by atoms with Crippen molar-refractivity contribution >= 4 is 11.8 Å². The van der Waals surface area contributed by atoms with Gasteiger partial charge in [-0.1, -0.05) is 0 Å². The fourth-order valence-corrected chi connectivity index (χ4v) is 2.58. The number of hydrogen-bond donors (Lipinski definition) is 2. The van der Waals surface area contributed by atoms with Gasteiger partial charge in [0.25, 0.3) is 0 Å². The largest absolute Gasteiger partial charge is 0.377 e. The van der Waals surface area contributed by atoms with E-state index in [1.807, 2.05) is 0 Å². The highest BCUT2D eigenvalue weighted by molar-refractivity contribution is 5.81. The molecule has 4 N–H and O–H groups in total. The summed E-state index contributed by atoms with van der Waals surface area (Å²) in [7, 11) is 0. The Bertz CT molecular complexity index is 390. The Balaban J connectivity index is 2.50. The first kappa shape index (κ1) is 24.7. The lowest BCUT2D eigenvalue weighted by Crippen LogP contribution is -2.45. The molecule has 0 bridgehead atoms. The smallest absolute Gasteiger partial charge is 0.239 e. The lowest BCUT2D eigenvalue weighted by atomic mass is 10.3. The third-order valence-electron chi connectivity index (χ3n) is 4.17. The maximum absolute atomic E-state index is 12.2. The predicted molar refractivity (Wildman–Crippen MR) is 104 cm³/mol. The zero-order chi connectivity index (χ0) is 20.8. The van der Waals surface area contributed by atoms with Gasteiger partial charge < -0.3 is 40.2 Å². The SMILES string of the molecule is C[C@@H](N)C(=O)N1CCOCCOCCN(C(=O)[C@@H](C)N)CCOCCOCC1. The minimum absolute atomic E-state index is 0.131. The Kier molecular flexibility index (Phi) is 13.0. The lowest BCUT2D eigenvalue weighted by molar-refractivity contribution is -0.135. The van der Waals surface area contributed by atoms with Gasteiger partial charge in [0.15, 0.2) is 0 Å². The average molecular weight is 405 g/mol. The van der Waals surface area contributed by atoms with Crippen molar-refractivity contribution in [1.82, 2.24) is 9.80 Å². The Morgan fingerprint density at radius 1 is 0.607 bits per heavy atom. The van der Waals surface area contributed by atoms with Crippen LogP contribution in [0.5, 0.6) is 0 Å². The summed E-state index contributed by atoms with van der Waals surface area (Å²) in [6.45, 7) is 8.26. The van der Waals surface area contributed by atoms with Crippen LogP contribution >= 0.6 is 0 Å². The zero-order valence-corrected chi connectivity index (χ0v) is 17.1. The van der Waals surface area contributed by atoms with Crippen LogP contribution in [0.25, 0.3) is 0 Å². The molecule has 10 heteroatoms. The second kappa shape index (κ2) is 14.7. The van der Waals surface area contributed by atoms with Crippen LogP contribution in [-0.2, 0) is 28.5 Å². The monoisotopic (exact) mass is 404 g/mol. The van der Waals surface area contributed by atoms with E-state index in [9.17, 15) is 9.59 Å². The number of ether oxygens (including phenoxy) is 4. The zero-order valence-electron chi connectivity index (χ0n) is 17.1. The first-order valence-corrected chi connectivity index (χ1v) is 9.83. The Morgan fingerprint density at radius 2 is 0.857 bits per heavy atom. The topological polar surface area (TPSA) is 130 Å². The molecule has 10 nitrogen and oxygen atoms in total. The number of carbonyl (C=O) groups excluding carboxylic acids is 2. The highest BCUT2D eigenvalue weighted by atomic mass is 16.5. The molecule has 164 valence electrons. The van der Waals surface area contributed by atoms with E-state index in [1.165, 1.54) is 0 Å². The Hall–Kier alpha value is -1.30. The van der Waals surface area contributed by atoms with Gasteiger partial charge >= 0.3 is 0 Å². The molecule has 0 saturated carbocycles. The third kappa shape index (κ3) is 10.3. The summed E-state index contributed by atoms with van der Waals surface area (Å²) in [5.74, 6) is -0.263. The maximum atomic E-state index is 12.2. The quantitative estimate of drug-likeness (QED) is 0.564. The lowest BCUT2D eigenvalue weighted by Gasteiger charge is -2.25. The maximum Gasteiger partial charge on any atom is 0.239 e. The minimum atomic E-state index is -0.563. The number of carbonyl (C=O) groups is 2. The van der Waals surface area contributed by atoms with Crippen LogP contribution in [0.2, 0.25) is 0 Å². The van der Waals surface area contributed by atoms with Crippen molar-refractivity contribution in [3.8, 4) is 0 Å². The van der Waals surface area contributed by atoms with Crippen molar-refractivity contribution in [1.29, 1.82) is 0 Å². The summed E-state index contributed by atoms with van der Waals surface area (Å²) in [6, 6.07) is -1.13. The molecule has 0 aromatic rings. The van der Waals surface area contributed by atoms with Crippen LogP contribution in [0.1, 0.15) is 13.8 Å². The Morgan fingerprint density at radius 3 is 1.07 bits per heavy atom. The van der Waals surface area contributed by atoms with Crippen LogP contribution in [0.3, 0.4) is 0 Å². The molecule has 1 saturated heterocycles. The van der Waals surface area contributed by atoms with Gasteiger partial charge in [0, 0.05) is 26.2 Å². The van der Waals surface area contributed by atoms with Gasteiger partial charge in [-0.05, 0) is 13.8 Å². The van der Waals surface area contributed by atoms with Gasteiger partial charge in [0.1, 0.15) is 0 Å². The second-order valence-electron chi connectivity index (χ2n) is 6.68. The van der Waals surface area contributed by atoms with Gasteiger partial charge in [0.2, 0.25) is 11.8 Å². The third-order valence-corrected chi connectivity index (χ3v) is 4.17. The number of rotatable bonds is 2. The van der Waals surface area contributed by atoms with Gasteiger partial charge in [-0.15, -0.1) is 0 Å². The van der Waals surface area contributed by atoms with Crippen LogP contribution in [-0.4, -0.2) is 113 Å². The summed E-state index contributed by atoms with van der Waals surface area (Å²) >= 11 is 0. The number of nitrogens with zero attached hydrogens (tertiary/aromatic N) is 2. The molecule has 0 spiro atoms. The number of hydrogen-bond acceptors (Lipinski definition) is 8. The minimum Gasteiger partial charge on any atom is -0.377 e. The van der Waals surface area contributed by atoms with E-state index in [4.69, 9.17) is 30.4 Å². The van der Waals surface area contributed by atoms with Gasteiger partial charge in [0.05, 0.1) is 64.9 Å². The van der Waals surface area contributed by atoms with Crippen LogP contribution in [0.15, 0.2) is 0 Å². The van der Waals surface area contributed by atoms with Gasteiger partial charge in [-0.25, -0.2) is 0 Å². The molecule has 0 aromatic carbocycles. The molecule has 0 unspecified atom stereocenters. The van der Waals surface area contributed by atoms with Crippen LogP contribution in [0, 0.1) is 0 Å². The van der Waals surface area contributed by atoms with Crippen LogP contribution in [0.4, 0.5) is 0 Å². The van der Waals surface area contributed by atoms with E-state index in [1.54, 1.807) is 23.6 Å². The van der Waals surface area contributed by atoms with E-state index in [0.717, 1.165) is 0 Å². The van der Waals surface area contributed by atoms with Crippen molar-refractivity contribution in [2.75, 3.05) is 79.0 Å². The van der Waals surface area contributed by atoms with Crippen LogP contribution < -0.4 is 11.5 Å². The number of nitrogens with two attached hydrogens (primary N) is 2. The molecule has 1 heterocycles. The molecule has 1 aliphatic rings.